The van der Waals surface area contributed by atoms with Crippen molar-refractivity contribution < 1.29 is 14.5 Å². The summed E-state index contributed by atoms with van der Waals surface area (Å²) < 4.78 is 7.50. The highest BCUT2D eigenvalue weighted by Gasteiger charge is 2.36. The van der Waals surface area contributed by atoms with Crippen LogP contribution in [0.5, 0.6) is 5.75 Å². The lowest BCUT2D eigenvalue weighted by molar-refractivity contribution is -1.02. The van der Waals surface area contributed by atoms with Crippen LogP contribution in [0.25, 0.3) is 0 Å². The van der Waals surface area contributed by atoms with Gasteiger partial charge < -0.3 is 14.5 Å². The lowest BCUT2D eigenvalue weighted by Gasteiger charge is -2.34. The van der Waals surface area contributed by atoms with Crippen LogP contribution in [0.4, 0.5) is 0 Å². The predicted octanol–water partition coefficient (Wildman–Crippen LogP) is -0.310. The third kappa shape index (κ3) is 3.84. The quantitative estimate of drug-likeness (QED) is 0.730. The molecular weight excluding hydrogens is 340 g/mol. The Kier molecular flexibility index (Phi) is 5.69. The van der Waals surface area contributed by atoms with Crippen LogP contribution >= 0.6 is 0 Å². The number of hydrogen-bond acceptors (Lipinski definition) is 4. The number of piperazine rings is 1. The summed E-state index contributed by atoms with van der Waals surface area (Å²) in [5, 5.41) is 13.0. The molecular formula is C20H32N6O+2. The first kappa shape index (κ1) is 18.4. The summed E-state index contributed by atoms with van der Waals surface area (Å²) in [6.07, 6.45) is 4.94. The second kappa shape index (κ2) is 8.35. The number of aromatic nitrogens is 4. The number of likely N-dealkylation sites (N-methyl/N-ethyl adjacent to an activating group) is 1. The Morgan fingerprint density at radius 1 is 1.11 bits per heavy atom. The molecule has 1 aromatic heterocycles. The van der Waals surface area contributed by atoms with Crippen molar-refractivity contribution in [2.45, 2.75) is 44.7 Å². The molecule has 0 bridgehead atoms. The minimum Gasteiger partial charge on any atom is -0.497 e. The van der Waals surface area contributed by atoms with E-state index in [1.165, 1.54) is 50.9 Å². The topological polar surface area (TPSA) is 61.7 Å². The van der Waals surface area contributed by atoms with Crippen molar-refractivity contribution in [2.75, 3.05) is 39.8 Å². The van der Waals surface area contributed by atoms with Crippen molar-refractivity contribution in [1.29, 1.82) is 0 Å². The van der Waals surface area contributed by atoms with Gasteiger partial charge in [0.15, 0.2) is 6.04 Å². The average molecular weight is 373 g/mol. The molecule has 0 amide bonds. The first-order valence-electron chi connectivity index (χ1n) is 10.4. The van der Waals surface area contributed by atoms with Crippen LogP contribution in [0.2, 0.25) is 0 Å². The van der Waals surface area contributed by atoms with Gasteiger partial charge in [-0.05, 0) is 54.5 Å². The fraction of sp³-hybridized carbons (Fsp3) is 0.650. The van der Waals surface area contributed by atoms with Gasteiger partial charge in [0.2, 0.25) is 5.82 Å². The lowest BCUT2D eigenvalue weighted by atomic mass is 10.0. The maximum Gasteiger partial charge on any atom is 0.214 e. The third-order valence-electron chi connectivity index (χ3n) is 6.40. The summed E-state index contributed by atoms with van der Waals surface area (Å²) in [5.41, 5.74) is 1.28. The zero-order valence-corrected chi connectivity index (χ0v) is 16.5. The molecule has 1 aliphatic carbocycles. The van der Waals surface area contributed by atoms with Gasteiger partial charge in [-0.1, -0.05) is 12.8 Å². The highest BCUT2D eigenvalue weighted by molar-refractivity contribution is 5.30. The van der Waals surface area contributed by atoms with E-state index in [0.717, 1.165) is 24.7 Å². The monoisotopic (exact) mass is 372 g/mol. The van der Waals surface area contributed by atoms with Crippen LogP contribution in [-0.2, 0) is 0 Å². The van der Waals surface area contributed by atoms with E-state index >= 15 is 0 Å². The lowest BCUT2D eigenvalue weighted by Crippen LogP contribution is -3.28. The number of methoxy groups -OCH3 is 1. The molecule has 1 saturated heterocycles. The highest BCUT2D eigenvalue weighted by atomic mass is 16.5. The van der Waals surface area contributed by atoms with E-state index in [9.17, 15) is 0 Å². The van der Waals surface area contributed by atoms with Crippen LogP contribution in [0.3, 0.4) is 0 Å². The van der Waals surface area contributed by atoms with Crippen LogP contribution in [0, 0.1) is 0 Å². The summed E-state index contributed by atoms with van der Waals surface area (Å²) >= 11 is 0. The number of ether oxygens (including phenoxy) is 1. The van der Waals surface area contributed by atoms with Crippen molar-refractivity contribution in [2.24, 2.45) is 0 Å². The van der Waals surface area contributed by atoms with Crippen molar-refractivity contribution in [3.63, 3.8) is 0 Å². The Morgan fingerprint density at radius 2 is 1.81 bits per heavy atom. The molecule has 1 saturated carbocycles. The van der Waals surface area contributed by atoms with Crippen molar-refractivity contribution in [3.05, 3.63) is 35.7 Å². The van der Waals surface area contributed by atoms with Gasteiger partial charge in [-0.25, -0.2) is 4.68 Å². The first-order valence-corrected chi connectivity index (χ1v) is 10.4. The average Bonchev–Trinajstić information content (AvgIpc) is 3.41. The Balaban J connectivity index is 1.67. The molecule has 2 aliphatic rings. The molecule has 2 aromatic rings. The molecule has 1 atom stereocenters. The van der Waals surface area contributed by atoms with Gasteiger partial charge in [0.05, 0.1) is 19.7 Å². The van der Waals surface area contributed by atoms with Crippen LogP contribution in [0.15, 0.2) is 24.3 Å². The Morgan fingerprint density at radius 3 is 2.44 bits per heavy atom. The molecule has 1 aliphatic heterocycles. The molecule has 2 fully saturated rings. The maximum absolute atomic E-state index is 5.36. The van der Waals surface area contributed by atoms with Crippen LogP contribution in [0.1, 0.15) is 56.1 Å². The molecule has 4 rings (SSSR count). The highest BCUT2D eigenvalue weighted by Crippen LogP contribution is 2.31. The first-order chi connectivity index (χ1) is 13.3. The van der Waals surface area contributed by atoms with E-state index in [1.807, 2.05) is 0 Å². The largest absolute Gasteiger partial charge is 0.497 e. The number of rotatable bonds is 6. The van der Waals surface area contributed by atoms with Crippen LogP contribution < -0.4 is 14.5 Å². The van der Waals surface area contributed by atoms with Gasteiger partial charge >= 0.3 is 0 Å². The summed E-state index contributed by atoms with van der Waals surface area (Å²) in [7, 11) is 1.71. The van der Waals surface area contributed by atoms with E-state index in [-0.39, 0.29) is 6.04 Å². The summed E-state index contributed by atoms with van der Waals surface area (Å²) in [6.45, 7) is 8.21. The smallest absolute Gasteiger partial charge is 0.214 e. The normalized spacial score (nSPS) is 24.8. The number of nitrogens with zero attached hydrogens (tertiary/aromatic N) is 4. The SMILES string of the molecule is CC[NH+]1CC[NH+]([C@H](c2ccc(OC)cc2)c2nnnn2C2CCCC2)CC1. The summed E-state index contributed by atoms with van der Waals surface area (Å²) in [5.74, 6) is 1.92. The van der Waals surface area contributed by atoms with Crippen molar-refractivity contribution >= 4 is 0 Å². The van der Waals surface area contributed by atoms with E-state index < -0.39 is 0 Å². The predicted molar refractivity (Wildman–Crippen MR) is 102 cm³/mol. The second-order valence-electron chi connectivity index (χ2n) is 7.89. The Labute approximate surface area is 161 Å². The molecule has 2 heterocycles. The molecule has 1 aromatic carbocycles. The minimum absolute atomic E-state index is 0.185. The number of nitrogens with one attached hydrogen (secondary N) is 2. The maximum atomic E-state index is 5.36. The zero-order chi connectivity index (χ0) is 18.6. The van der Waals surface area contributed by atoms with Crippen LogP contribution in [-0.4, -0.2) is 60.0 Å². The number of hydrogen-bond donors (Lipinski definition) is 2. The zero-order valence-electron chi connectivity index (χ0n) is 16.5. The molecule has 7 heteroatoms. The van der Waals surface area contributed by atoms with E-state index in [1.54, 1.807) is 16.9 Å². The second-order valence-corrected chi connectivity index (χ2v) is 7.89. The van der Waals surface area contributed by atoms with E-state index in [0.29, 0.717) is 6.04 Å². The Bertz CT molecular complexity index is 716. The molecule has 0 spiro atoms. The molecule has 0 unspecified atom stereocenters. The number of tetrazole rings is 1. The molecule has 27 heavy (non-hydrogen) atoms. The number of benzene rings is 1. The summed E-state index contributed by atoms with van der Waals surface area (Å²) in [6, 6.07) is 9.12. The van der Waals surface area contributed by atoms with Crippen molar-refractivity contribution in [3.8, 4) is 5.75 Å². The van der Waals surface area contributed by atoms with E-state index in [4.69, 9.17) is 4.74 Å². The van der Waals surface area contributed by atoms with Gasteiger partial charge in [-0.2, -0.15) is 0 Å². The molecule has 146 valence electrons. The van der Waals surface area contributed by atoms with Gasteiger partial charge in [0.1, 0.15) is 31.9 Å². The third-order valence-corrected chi connectivity index (χ3v) is 6.40. The molecule has 2 N–H and O–H groups in total. The number of quaternary nitrogens is 2. The fourth-order valence-corrected chi connectivity index (χ4v) is 4.73. The van der Waals surface area contributed by atoms with Gasteiger partial charge in [0.25, 0.3) is 0 Å². The van der Waals surface area contributed by atoms with Gasteiger partial charge in [-0.15, -0.1) is 5.10 Å². The minimum atomic E-state index is 0.185. The van der Waals surface area contributed by atoms with Gasteiger partial charge in [-0.3, -0.25) is 0 Å². The molecule has 7 nitrogen and oxygen atoms in total. The fourth-order valence-electron chi connectivity index (χ4n) is 4.73. The van der Waals surface area contributed by atoms with E-state index in [2.05, 4.69) is 51.4 Å². The van der Waals surface area contributed by atoms with Gasteiger partial charge in [0, 0.05) is 5.56 Å². The van der Waals surface area contributed by atoms with Crippen molar-refractivity contribution in [1.82, 2.24) is 20.2 Å². The standard InChI is InChI=1S/C20H30N6O/c1-3-24-12-14-25(15-13-24)19(16-8-10-18(27-2)11-9-16)20-21-22-23-26(20)17-6-4-5-7-17/h8-11,17,19H,3-7,12-15H2,1-2H3/p+2/t19-/m1/s1. The molecule has 0 radical (unpaired) electrons. The Hall–Kier alpha value is -1.99. The summed E-state index contributed by atoms with van der Waals surface area (Å²) in [4.78, 5) is 3.27.